The van der Waals surface area contributed by atoms with Crippen LogP contribution in [0.25, 0.3) is 0 Å². The Morgan fingerprint density at radius 2 is 1.65 bits per heavy atom. The maximum absolute atomic E-state index is 13.1. The van der Waals surface area contributed by atoms with Gasteiger partial charge in [-0.2, -0.15) is 0 Å². The highest BCUT2D eigenvalue weighted by atomic mass is 35.5. The molecule has 0 bridgehead atoms. The monoisotopic (exact) mass is 458 g/mol. The third-order valence-electron chi connectivity index (χ3n) is 4.31. The second-order valence-electron chi connectivity index (χ2n) is 6.44. The predicted octanol–water partition coefficient (Wildman–Crippen LogP) is 3.96. The van der Waals surface area contributed by atoms with Gasteiger partial charge in [-0.05, 0) is 42.5 Å². The molecule has 3 aromatic carbocycles. The number of hydrogen-bond acceptors (Lipinski definition) is 5. The molecule has 0 unspecified atom stereocenters. The Hall–Kier alpha value is -3.36. The number of rotatable bonds is 7. The standard InChI is InChI=1S/C22H19ClN2O5S/c1-25(18-10-3-2-4-11-18)31(28,29)20-13-6-5-12-19(20)22(27)30-15-21(26)24-17-9-7-8-16(23)14-17/h2-14H,15H2,1H3,(H,24,26). The first-order valence-electron chi connectivity index (χ1n) is 9.14. The summed E-state index contributed by atoms with van der Waals surface area (Å²) in [6.45, 7) is -0.589. The van der Waals surface area contributed by atoms with E-state index in [1.165, 1.54) is 31.3 Å². The van der Waals surface area contributed by atoms with Crippen LogP contribution in [0, 0.1) is 0 Å². The van der Waals surface area contributed by atoms with E-state index in [9.17, 15) is 18.0 Å². The molecule has 3 rings (SSSR count). The lowest BCUT2D eigenvalue weighted by Crippen LogP contribution is -2.28. The summed E-state index contributed by atoms with van der Waals surface area (Å²) in [5, 5.41) is 2.99. The molecule has 0 heterocycles. The molecule has 3 aromatic rings. The molecule has 9 heteroatoms. The summed E-state index contributed by atoms with van der Waals surface area (Å²) in [6, 6.07) is 20.6. The molecule has 0 aromatic heterocycles. The van der Waals surface area contributed by atoms with Gasteiger partial charge in [0.05, 0.1) is 11.3 Å². The van der Waals surface area contributed by atoms with Crippen molar-refractivity contribution < 1.29 is 22.7 Å². The van der Waals surface area contributed by atoms with Crippen molar-refractivity contribution in [3.8, 4) is 0 Å². The van der Waals surface area contributed by atoms with Crippen molar-refractivity contribution in [3.63, 3.8) is 0 Å². The normalized spacial score (nSPS) is 10.9. The average molecular weight is 459 g/mol. The molecule has 0 fully saturated rings. The number of para-hydroxylation sites is 1. The molecule has 0 atom stereocenters. The summed E-state index contributed by atoms with van der Waals surface area (Å²) in [7, 11) is -2.65. The first-order valence-corrected chi connectivity index (χ1v) is 11.0. The molecule has 0 aliphatic heterocycles. The number of esters is 1. The molecular formula is C22H19ClN2O5S. The fourth-order valence-corrected chi connectivity index (χ4v) is 4.32. The van der Waals surface area contributed by atoms with Crippen molar-refractivity contribution in [2.45, 2.75) is 4.90 Å². The number of benzene rings is 3. The maximum Gasteiger partial charge on any atom is 0.340 e. The number of nitrogens with zero attached hydrogens (tertiary/aromatic N) is 1. The third kappa shape index (κ3) is 5.42. The molecule has 0 saturated heterocycles. The lowest BCUT2D eigenvalue weighted by molar-refractivity contribution is -0.119. The third-order valence-corrected chi connectivity index (χ3v) is 6.39. The van der Waals surface area contributed by atoms with Gasteiger partial charge in [0, 0.05) is 17.8 Å². The van der Waals surface area contributed by atoms with E-state index in [4.69, 9.17) is 16.3 Å². The zero-order valence-corrected chi connectivity index (χ0v) is 18.1. The second-order valence-corrected chi connectivity index (χ2v) is 8.81. The largest absolute Gasteiger partial charge is 0.452 e. The molecule has 1 amide bonds. The van der Waals surface area contributed by atoms with Gasteiger partial charge in [-0.15, -0.1) is 0 Å². The smallest absolute Gasteiger partial charge is 0.340 e. The molecule has 0 saturated carbocycles. The number of amides is 1. The van der Waals surface area contributed by atoms with Crippen molar-refractivity contribution in [1.82, 2.24) is 0 Å². The van der Waals surface area contributed by atoms with Gasteiger partial charge in [-0.1, -0.05) is 48.0 Å². The Morgan fingerprint density at radius 1 is 0.968 bits per heavy atom. The van der Waals surface area contributed by atoms with Crippen LogP contribution in [0.15, 0.2) is 83.8 Å². The SMILES string of the molecule is CN(c1ccccc1)S(=O)(=O)c1ccccc1C(=O)OCC(=O)Nc1cccc(Cl)c1. The number of sulfonamides is 1. The van der Waals surface area contributed by atoms with Crippen LogP contribution in [0.5, 0.6) is 0 Å². The first-order chi connectivity index (χ1) is 14.8. The summed E-state index contributed by atoms with van der Waals surface area (Å²) in [5.74, 6) is -1.51. The molecule has 0 aliphatic carbocycles. The van der Waals surface area contributed by atoms with Gasteiger partial charge in [0.1, 0.15) is 4.90 Å². The lowest BCUT2D eigenvalue weighted by Gasteiger charge is -2.20. The van der Waals surface area contributed by atoms with Crippen LogP contribution >= 0.6 is 11.6 Å². The van der Waals surface area contributed by atoms with Crippen LogP contribution in [0.3, 0.4) is 0 Å². The highest BCUT2D eigenvalue weighted by molar-refractivity contribution is 7.92. The zero-order valence-electron chi connectivity index (χ0n) is 16.5. The van der Waals surface area contributed by atoms with Gasteiger partial charge in [-0.3, -0.25) is 9.10 Å². The molecule has 0 radical (unpaired) electrons. The van der Waals surface area contributed by atoms with Gasteiger partial charge in [0.15, 0.2) is 6.61 Å². The second kappa shape index (κ2) is 9.63. The van der Waals surface area contributed by atoms with Crippen LogP contribution in [-0.4, -0.2) is 33.9 Å². The molecule has 0 aliphatic rings. The summed E-state index contributed by atoms with van der Waals surface area (Å²) in [5.41, 5.74) is 0.716. The maximum atomic E-state index is 13.1. The Morgan fingerprint density at radius 3 is 2.35 bits per heavy atom. The number of carbonyl (C=O) groups excluding carboxylic acids is 2. The van der Waals surface area contributed by atoms with E-state index >= 15 is 0 Å². The van der Waals surface area contributed by atoms with E-state index in [-0.39, 0.29) is 10.5 Å². The number of hydrogen-bond donors (Lipinski definition) is 1. The van der Waals surface area contributed by atoms with Gasteiger partial charge >= 0.3 is 5.97 Å². The predicted molar refractivity (Wildman–Crippen MR) is 119 cm³/mol. The molecule has 7 nitrogen and oxygen atoms in total. The van der Waals surface area contributed by atoms with E-state index in [1.54, 1.807) is 54.6 Å². The minimum atomic E-state index is -4.04. The number of ether oxygens (including phenoxy) is 1. The van der Waals surface area contributed by atoms with Gasteiger partial charge in [0.25, 0.3) is 15.9 Å². The van der Waals surface area contributed by atoms with E-state index in [0.29, 0.717) is 16.4 Å². The average Bonchev–Trinajstić information content (AvgIpc) is 2.77. The van der Waals surface area contributed by atoms with Crippen molar-refractivity contribution in [1.29, 1.82) is 0 Å². The van der Waals surface area contributed by atoms with E-state index in [0.717, 1.165) is 4.31 Å². The summed E-state index contributed by atoms with van der Waals surface area (Å²) >= 11 is 5.87. The first kappa shape index (κ1) is 22.3. The van der Waals surface area contributed by atoms with Crippen molar-refractivity contribution in [2.24, 2.45) is 0 Å². The number of anilines is 2. The highest BCUT2D eigenvalue weighted by Crippen LogP contribution is 2.25. The van der Waals surface area contributed by atoms with E-state index in [2.05, 4.69) is 5.32 Å². The fourth-order valence-electron chi connectivity index (χ4n) is 2.76. The Kier molecular flexibility index (Phi) is 6.94. The summed E-state index contributed by atoms with van der Waals surface area (Å²) < 4.78 is 32.3. The number of halogens is 1. The van der Waals surface area contributed by atoms with Crippen molar-refractivity contribution >= 4 is 44.9 Å². The van der Waals surface area contributed by atoms with Crippen LogP contribution in [0.2, 0.25) is 5.02 Å². The Labute approximate surface area is 185 Å². The van der Waals surface area contributed by atoms with Crippen LogP contribution in [-0.2, 0) is 19.6 Å². The minimum absolute atomic E-state index is 0.166. The zero-order chi connectivity index (χ0) is 22.4. The number of carbonyl (C=O) groups is 2. The molecule has 160 valence electrons. The van der Waals surface area contributed by atoms with E-state index in [1.807, 2.05) is 0 Å². The van der Waals surface area contributed by atoms with Gasteiger partial charge < -0.3 is 10.1 Å². The van der Waals surface area contributed by atoms with Crippen LogP contribution < -0.4 is 9.62 Å². The summed E-state index contributed by atoms with van der Waals surface area (Å²) in [4.78, 5) is 24.4. The van der Waals surface area contributed by atoms with Crippen molar-refractivity contribution in [2.75, 3.05) is 23.3 Å². The minimum Gasteiger partial charge on any atom is -0.452 e. The Balaban J connectivity index is 1.75. The highest BCUT2D eigenvalue weighted by Gasteiger charge is 2.27. The summed E-state index contributed by atoms with van der Waals surface area (Å²) in [6.07, 6.45) is 0. The fraction of sp³-hybridized carbons (Fsp3) is 0.0909. The van der Waals surface area contributed by atoms with Gasteiger partial charge in [0.2, 0.25) is 0 Å². The molecule has 0 spiro atoms. The molecule has 1 N–H and O–H groups in total. The quantitative estimate of drug-likeness (QED) is 0.541. The van der Waals surface area contributed by atoms with Crippen LogP contribution in [0.4, 0.5) is 11.4 Å². The van der Waals surface area contributed by atoms with Crippen LogP contribution in [0.1, 0.15) is 10.4 Å². The molecular weight excluding hydrogens is 440 g/mol. The van der Waals surface area contributed by atoms with Crippen molar-refractivity contribution in [3.05, 3.63) is 89.4 Å². The lowest BCUT2D eigenvalue weighted by atomic mass is 10.2. The van der Waals surface area contributed by atoms with Gasteiger partial charge in [-0.25, -0.2) is 13.2 Å². The van der Waals surface area contributed by atoms with E-state index < -0.39 is 28.5 Å². The topological polar surface area (TPSA) is 92.8 Å². The molecule has 31 heavy (non-hydrogen) atoms. The number of nitrogens with one attached hydrogen (secondary N) is 1. The Bertz CT molecular complexity index is 1200.